The Morgan fingerprint density at radius 3 is 2.91 bits per heavy atom. The van der Waals surface area contributed by atoms with Gasteiger partial charge in [-0.1, -0.05) is 11.8 Å². The maximum Gasteiger partial charge on any atom is 0.387 e. The summed E-state index contributed by atoms with van der Waals surface area (Å²) in [5.41, 5.74) is 5.47. The zero-order valence-electron chi connectivity index (χ0n) is 16.9. The number of aliphatic imine (C=N–C) groups is 1. The van der Waals surface area contributed by atoms with Crippen LogP contribution in [-0.2, 0) is 10.3 Å². The van der Waals surface area contributed by atoms with Gasteiger partial charge in [0.2, 0.25) is 0 Å². The molecule has 4 heterocycles. The van der Waals surface area contributed by atoms with Crippen molar-refractivity contribution < 1.29 is 23.0 Å². The highest BCUT2D eigenvalue weighted by atomic mass is 32.2. The van der Waals surface area contributed by atoms with Crippen LogP contribution in [0.5, 0.6) is 5.75 Å². The molecule has 3 N–H and O–H groups in total. The SMILES string of the molecule is NC1=N[C@@]2(c3nc(NC(=O)c4ccc(OC(F)F)cn4)cs3)COC3(CCC3)C[C@H]2CS1. The fourth-order valence-electron chi connectivity index (χ4n) is 4.39. The molecule has 12 heteroatoms. The predicted molar refractivity (Wildman–Crippen MR) is 117 cm³/mol. The summed E-state index contributed by atoms with van der Waals surface area (Å²) in [4.78, 5) is 25.8. The largest absolute Gasteiger partial charge is 0.433 e. The number of nitrogens with zero attached hydrogens (tertiary/aromatic N) is 3. The Morgan fingerprint density at radius 1 is 1.38 bits per heavy atom. The van der Waals surface area contributed by atoms with Crippen molar-refractivity contribution in [1.29, 1.82) is 0 Å². The van der Waals surface area contributed by atoms with E-state index in [-0.39, 0.29) is 23.0 Å². The third-order valence-electron chi connectivity index (χ3n) is 6.21. The van der Waals surface area contributed by atoms with E-state index >= 15 is 0 Å². The Hall–Kier alpha value is -2.31. The first kappa shape index (κ1) is 21.5. The van der Waals surface area contributed by atoms with E-state index in [9.17, 15) is 13.6 Å². The maximum atomic E-state index is 12.5. The number of pyridine rings is 1. The van der Waals surface area contributed by atoms with Gasteiger partial charge in [0, 0.05) is 17.1 Å². The number of amidine groups is 1. The highest BCUT2D eigenvalue weighted by Gasteiger charge is 2.56. The summed E-state index contributed by atoms with van der Waals surface area (Å²) in [6, 6.07) is 2.57. The minimum absolute atomic E-state index is 0.0312. The lowest BCUT2D eigenvalue weighted by molar-refractivity contribution is -0.169. The predicted octanol–water partition coefficient (Wildman–Crippen LogP) is 3.61. The molecule has 2 aliphatic heterocycles. The molecule has 3 aliphatic rings. The maximum absolute atomic E-state index is 12.5. The molecule has 2 aromatic rings. The van der Waals surface area contributed by atoms with E-state index in [1.807, 2.05) is 0 Å². The molecule has 8 nitrogen and oxygen atoms in total. The Labute approximate surface area is 191 Å². The fraction of sp³-hybridized carbons (Fsp3) is 0.500. The third-order valence-corrected chi connectivity index (χ3v) is 8.17. The van der Waals surface area contributed by atoms with Crippen molar-refractivity contribution in [3.8, 4) is 5.75 Å². The smallest absolute Gasteiger partial charge is 0.387 e. The van der Waals surface area contributed by atoms with Crippen LogP contribution < -0.4 is 15.8 Å². The number of hydrogen-bond donors (Lipinski definition) is 2. The third kappa shape index (κ3) is 3.95. The summed E-state index contributed by atoms with van der Waals surface area (Å²) >= 11 is 2.97. The van der Waals surface area contributed by atoms with Gasteiger partial charge in [0.05, 0.1) is 18.4 Å². The van der Waals surface area contributed by atoms with Gasteiger partial charge in [0.25, 0.3) is 5.91 Å². The van der Waals surface area contributed by atoms with Crippen LogP contribution in [-0.4, -0.2) is 45.6 Å². The van der Waals surface area contributed by atoms with Gasteiger partial charge in [-0.2, -0.15) is 8.78 Å². The quantitative estimate of drug-likeness (QED) is 0.671. The summed E-state index contributed by atoms with van der Waals surface area (Å²) in [5, 5.41) is 5.72. The molecule has 170 valence electrons. The van der Waals surface area contributed by atoms with Gasteiger partial charge < -0.3 is 20.5 Å². The van der Waals surface area contributed by atoms with Crippen LogP contribution in [0.4, 0.5) is 14.6 Å². The van der Waals surface area contributed by atoms with Crippen LogP contribution in [0, 0.1) is 5.92 Å². The van der Waals surface area contributed by atoms with Crippen molar-refractivity contribution in [2.24, 2.45) is 16.6 Å². The molecule has 1 amide bonds. The number of rotatable bonds is 5. The van der Waals surface area contributed by atoms with E-state index < -0.39 is 18.1 Å². The van der Waals surface area contributed by atoms with Gasteiger partial charge >= 0.3 is 6.61 Å². The number of thiazole rings is 1. The van der Waals surface area contributed by atoms with Crippen LogP contribution in [0.2, 0.25) is 0 Å². The summed E-state index contributed by atoms with van der Waals surface area (Å²) in [7, 11) is 0. The molecular weight excluding hydrogens is 460 g/mol. The molecule has 1 aliphatic carbocycles. The van der Waals surface area contributed by atoms with Gasteiger partial charge in [-0.15, -0.1) is 11.3 Å². The molecular formula is C20H21F2N5O3S2. The van der Waals surface area contributed by atoms with Gasteiger partial charge in [-0.05, 0) is 37.8 Å². The summed E-state index contributed by atoms with van der Waals surface area (Å²) in [6.07, 6.45) is 5.35. The minimum Gasteiger partial charge on any atom is -0.433 e. The Bertz CT molecular complexity index is 1040. The normalized spacial score (nSPS) is 26.2. The average Bonchev–Trinajstić information content (AvgIpc) is 3.21. The van der Waals surface area contributed by atoms with Crippen LogP contribution in [0.3, 0.4) is 0 Å². The molecule has 0 radical (unpaired) electrons. The minimum atomic E-state index is -2.95. The number of nitrogens with one attached hydrogen (secondary N) is 1. The first-order chi connectivity index (χ1) is 15.4. The number of carbonyl (C=O) groups is 1. The van der Waals surface area contributed by atoms with Crippen LogP contribution in [0.15, 0.2) is 28.7 Å². The molecule has 0 unspecified atom stereocenters. The second-order valence-corrected chi connectivity index (χ2v) is 10.1. The van der Waals surface area contributed by atoms with Crippen LogP contribution in [0.1, 0.15) is 41.2 Å². The van der Waals surface area contributed by atoms with Crippen molar-refractivity contribution in [3.63, 3.8) is 0 Å². The lowest BCUT2D eigenvalue weighted by Gasteiger charge is -2.53. The molecule has 1 saturated heterocycles. The molecule has 2 aromatic heterocycles. The monoisotopic (exact) mass is 481 g/mol. The number of amides is 1. The van der Waals surface area contributed by atoms with Gasteiger partial charge in [-0.3, -0.25) is 4.79 Å². The Morgan fingerprint density at radius 2 is 2.22 bits per heavy atom. The van der Waals surface area contributed by atoms with Crippen LogP contribution in [0.25, 0.3) is 0 Å². The number of alkyl halides is 2. The molecule has 1 saturated carbocycles. The molecule has 0 aromatic carbocycles. The van der Waals surface area contributed by atoms with Crippen molar-refractivity contribution in [2.75, 3.05) is 17.7 Å². The topological polar surface area (TPSA) is 112 Å². The molecule has 1 spiro atoms. The summed E-state index contributed by atoms with van der Waals surface area (Å²) in [5.74, 6) is 0.861. The highest BCUT2D eigenvalue weighted by molar-refractivity contribution is 8.13. The van der Waals surface area contributed by atoms with Gasteiger partial charge in [-0.25, -0.2) is 15.0 Å². The number of aromatic nitrogens is 2. The molecule has 2 fully saturated rings. The summed E-state index contributed by atoms with van der Waals surface area (Å²) in [6.45, 7) is -2.53. The lowest BCUT2D eigenvalue weighted by atomic mass is 9.67. The number of hydrogen-bond acceptors (Lipinski definition) is 9. The summed E-state index contributed by atoms with van der Waals surface area (Å²) < 4.78 is 35.1. The van der Waals surface area contributed by atoms with E-state index in [1.165, 1.54) is 29.9 Å². The van der Waals surface area contributed by atoms with E-state index in [0.717, 1.165) is 36.2 Å². The van der Waals surface area contributed by atoms with E-state index in [1.54, 1.807) is 17.1 Å². The van der Waals surface area contributed by atoms with Gasteiger partial charge in [0.15, 0.2) is 5.17 Å². The fourth-order valence-corrected chi connectivity index (χ4v) is 6.35. The highest BCUT2D eigenvalue weighted by Crippen LogP contribution is 2.54. The lowest BCUT2D eigenvalue weighted by Crippen LogP contribution is -2.57. The van der Waals surface area contributed by atoms with Gasteiger partial charge in [0.1, 0.15) is 27.8 Å². The van der Waals surface area contributed by atoms with E-state index in [2.05, 4.69) is 20.0 Å². The Balaban J connectivity index is 1.33. The van der Waals surface area contributed by atoms with Crippen molar-refractivity contribution in [3.05, 3.63) is 34.4 Å². The average molecular weight is 482 g/mol. The van der Waals surface area contributed by atoms with Crippen molar-refractivity contribution in [2.45, 2.75) is 43.4 Å². The zero-order valence-corrected chi connectivity index (χ0v) is 18.6. The molecule has 5 rings (SSSR count). The number of ether oxygens (including phenoxy) is 2. The number of halogens is 2. The second-order valence-electron chi connectivity index (χ2n) is 8.16. The number of anilines is 1. The van der Waals surface area contributed by atoms with Crippen molar-refractivity contribution in [1.82, 2.24) is 9.97 Å². The molecule has 32 heavy (non-hydrogen) atoms. The van der Waals surface area contributed by atoms with Crippen LogP contribution >= 0.6 is 23.1 Å². The molecule has 2 atom stereocenters. The molecule has 0 bridgehead atoms. The van der Waals surface area contributed by atoms with E-state index in [0.29, 0.717) is 17.6 Å². The second kappa shape index (κ2) is 8.23. The number of carbonyl (C=O) groups excluding carboxylic acids is 1. The first-order valence-electron chi connectivity index (χ1n) is 10.2. The van der Waals surface area contributed by atoms with Crippen molar-refractivity contribution >= 4 is 40.0 Å². The zero-order chi connectivity index (χ0) is 22.3. The standard InChI is InChI=1S/C20H21F2N5O3S2/c21-17(22)30-12-2-3-13(24-7-12)15(28)25-14-9-31-16(26-14)20-10-29-19(4-1-5-19)6-11(20)8-32-18(23)27-20/h2-3,7,9,11,17H,1,4-6,8,10H2,(H2,23,27)(H,25,28)/t11-,20-/m0/s1. The number of nitrogens with two attached hydrogens (primary N) is 1. The van der Waals surface area contributed by atoms with E-state index in [4.69, 9.17) is 15.5 Å². The number of fused-ring (bicyclic) bond motifs is 1. The Kier molecular flexibility index (Phi) is 5.54. The first-order valence-corrected chi connectivity index (χ1v) is 12.0. The number of thioether (sulfide) groups is 1.